The Morgan fingerprint density at radius 3 is 1.12 bits per heavy atom. The lowest BCUT2D eigenvalue weighted by atomic mass is 10.3. The molecule has 6 heteroatoms. The molecule has 1 aliphatic heterocycles. The van der Waals surface area contributed by atoms with Gasteiger partial charge in [-0.15, -0.1) is 0 Å². The first-order valence-electron chi connectivity index (χ1n) is 10.7. The predicted octanol–water partition coefficient (Wildman–Crippen LogP) is 7.17. The molecule has 2 unspecified atom stereocenters. The van der Waals surface area contributed by atoms with E-state index in [1.807, 2.05) is 0 Å². The molecule has 0 N–H and O–H groups in total. The molecule has 1 rings (SSSR count). The molecule has 0 aromatic carbocycles. The fraction of sp³-hybridized carbons (Fsp3) is 1.00. The van der Waals surface area contributed by atoms with Gasteiger partial charge in [0.15, 0.2) is 0 Å². The Kier molecular flexibility index (Phi) is 8.67. The molecular formula is C20H49N2P2Si2+. The molecule has 0 bridgehead atoms. The van der Waals surface area contributed by atoms with Gasteiger partial charge >= 0.3 is 0 Å². The van der Waals surface area contributed by atoms with Gasteiger partial charge in [0.05, 0.1) is 8.07 Å². The van der Waals surface area contributed by atoms with Gasteiger partial charge in [-0.25, -0.2) is 0 Å². The fourth-order valence-corrected chi connectivity index (χ4v) is 33.1. The topological polar surface area (TPSA) is 6.48 Å². The van der Waals surface area contributed by atoms with Crippen molar-refractivity contribution in [1.82, 2.24) is 9.34 Å². The van der Waals surface area contributed by atoms with E-state index in [-0.39, 0.29) is 8.07 Å². The van der Waals surface area contributed by atoms with E-state index in [4.69, 9.17) is 0 Å². The van der Waals surface area contributed by atoms with E-state index in [0.29, 0.717) is 24.2 Å². The van der Waals surface area contributed by atoms with Crippen LogP contribution in [0.3, 0.4) is 0 Å². The molecule has 156 valence electrons. The molecular weight excluding hydrogens is 386 g/mol. The van der Waals surface area contributed by atoms with Gasteiger partial charge in [0, 0.05) is 32.2 Å². The van der Waals surface area contributed by atoms with E-state index < -0.39 is 24.2 Å². The zero-order valence-corrected chi connectivity index (χ0v) is 24.2. The Labute approximate surface area is 170 Å². The minimum absolute atomic E-state index is 0.00402. The normalized spacial score (nSPS) is 28.2. The van der Waals surface area contributed by atoms with Gasteiger partial charge in [0.1, 0.15) is 26.2 Å². The zero-order valence-electron chi connectivity index (χ0n) is 20.3. The van der Waals surface area contributed by atoms with Crippen molar-refractivity contribution in [2.45, 2.75) is 129 Å². The third-order valence-corrected chi connectivity index (χ3v) is 30.4. The van der Waals surface area contributed by atoms with Gasteiger partial charge in [-0.2, -0.15) is 4.67 Å². The Morgan fingerprint density at radius 2 is 0.923 bits per heavy atom. The lowest BCUT2D eigenvalue weighted by molar-refractivity contribution is 0.309. The molecule has 2 atom stereocenters. The minimum Gasteiger partial charge on any atom is -0.271 e. The van der Waals surface area contributed by atoms with Crippen LogP contribution in [0.5, 0.6) is 0 Å². The summed E-state index contributed by atoms with van der Waals surface area (Å²) in [4.78, 5) is 0. The summed E-state index contributed by atoms with van der Waals surface area (Å²) in [6, 6.07) is 2.72. The molecule has 26 heavy (non-hydrogen) atoms. The lowest BCUT2D eigenvalue weighted by Crippen LogP contribution is -2.61. The van der Waals surface area contributed by atoms with Crippen molar-refractivity contribution in [3.63, 3.8) is 0 Å². The van der Waals surface area contributed by atoms with Crippen LogP contribution in [-0.2, 0) is 0 Å². The van der Waals surface area contributed by atoms with Gasteiger partial charge in [0.25, 0.3) is 0 Å². The van der Waals surface area contributed by atoms with Gasteiger partial charge in [-0.3, -0.25) is 4.67 Å². The Morgan fingerprint density at radius 1 is 0.615 bits per heavy atom. The number of hydrogen-bond acceptors (Lipinski definition) is 2. The van der Waals surface area contributed by atoms with Crippen LogP contribution in [0.2, 0.25) is 39.3 Å². The maximum atomic E-state index is 3.01. The highest BCUT2D eigenvalue weighted by Crippen LogP contribution is 2.86. The fourth-order valence-electron chi connectivity index (χ4n) is 5.04. The Balaban J connectivity index is 3.53. The molecule has 1 aliphatic rings. The van der Waals surface area contributed by atoms with Crippen LogP contribution in [0.25, 0.3) is 0 Å². The first kappa shape index (κ1) is 25.3. The summed E-state index contributed by atoms with van der Waals surface area (Å²) < 4.78 is 5.99. The average Bonchev–Trinajstić information content (AvgIpc) is 2.30. The SMILES string of the molecule is CC(C)N(C(C)C)P1C([Si](C)(C)C)[PH+](N(C(C)C)C(C)C)C1[Si](C)(C)C. The highest BCUT2D eigenvalue weighted by Gasteiger charge is 2.70. The summed E-state index contributed by atoms with van der Waals surface area (Å²) in [5, 5.41) is 2.07. The summed E-state index contributed by atoms with van der Waals surface area (Å²) in [6.45, 7) is 35.5. The second-order valence-corrected chi connectivity index (χ2v) is 30.0. The van der Waals surface area contributed by atoms with Crippen LogP contribution in [0, 0.1) is 0 Å². The maximum absolute atomic E-state index is 3.01. The molecule has 0 saturated carbocycles. The molecule has 2 nitrogen and oxygen atoms in total. The van der Waals surface area contributed by atoms with Gasteiger partial charge < -0.3 is 0 Å². The first-order chi connectivity index (χ1) is 11.5. The number of rotatable bonds is 8. The zero-order chi connectivity index (χ0) is 20.8. The smallest absolute Gasteiger partial charge is 0.105 e. The second kappa shape index (κ2) is 8.92. The largest absolute Gasteiger partial charge is 0.271 e. The van der Waals surface area contributed by atoms with Crippen molar-refractivity contribution in [1.29, 1.82) is 0 Å². The van der Waals surface area contributed by atoms with Crippen LogP contribution in [-0.4, -0.2) is 59.7 Å². The molecule has 0 aromatic rings. The average molecular weight is 436 g/mol. The molecule has 1 saturated heterocycles. The van der Waals surface area contributed by atoms with Crippen LogP contribution in [0.1, 0.15) is 55.4 Å². The number of hydrogen-bond donors (Lipinski definition) is 0. The van der Waals surface area contributed by atoms with Crippen molar-refractivity contribution in [2.75, 3.05) is 0 Å². The summed E-state index contributed by atoms with van der Waals surface area (Å²) in [7, 11) is -2.93. The van der Waals surface area contributed by atoms with Crippen molar-refractivity contribution in [3.8, 4) is 0 Å². The third kappa shape index (κ3) is 5.22. The van der Waals surface area contributed by atoms with Crippen molar-refractivity contribution >= 4 is 32.3 Å². The van der Waals surface area contributed by atoms with Crippen LogP contribution >= 0.6 is 16.1 Å². The van der Waals surface area contributed by atoms with Crippen LogP contribution in [0.4, 0.5) is 0 Å². The van der Waals surface area contributed by atoms with Gasteiger partial charge in [-0.1, -0.05) is 39.3 Å². The maximum Gasteiger partial charge on any atom is 0.105 e. The van der Waals surface area contributed by atoms with Gasteiger partial charge in [0.2, 0.25) is 0 Å². The van der Waals surface area contributed by atoms with Crippen molar-refractivity contribution in [2.24, 2.45) is 0 Å². The molecule has 0 radical (unpaired) electrons. The standard InChI is InChI=1S/C20H48N2P2Si2/c1-15(2)21(16(3)4)23-19(25(9,10)11)24(20(23)26(12,13)14)22(17(5)6)18(7)8/h15-20H,1-14H3/p+1. The molecule has 0 aromatic heterocycles. The van der Waals surface area contributed by atoms with Crippen LogP contribution in [0.15, 0.2) is 0 Å². The summed E-state index contributed by atoms with van der Waals surface area (Å²) in [5.74, 6) is 0. The quantitative estimate of drug-likeness (QED) is 0.294. The van der Waals surface area contributed by atoms with Crippen molar-refractivity contribution < 1.29 is 0 Å². The Bertz CT molecular complexity index is 390. The van der Waals surface area contributed by atoms with Crippen molar-refractivity contribution in [3.05, 3.63) is 0 Å². The second-order valence-electron chi connectivity index (χ2n) is 11.5. The molecule has 1 heterocycles. The predicted molar refractivity (Wildman–Crippen MR) is 134 cm³/mol. The first-order valence-corrected chi connectivity index (χ1v) is 20.9. The highest BCUT2D eigenvalue weighted by molar-refractivity contribution is 7.97. The molecule has 0 aliphatic carbocycles. The highest BCUT2D eigenvalue weighted by atomic mass is 31.2. The van der Waals surface area contributed by atoms with E-state index in [0.717, 1.165) is 10.0 Å². The number of nitrogens with zero attached hydrogens (tertiary/aromatic N) is 2. The summed E-state index contributed by atoms with van der Waals surface area (Å²) in [6.07, 6.45) is 0. The monoisotopic (exact) mass is 435 g/mol. The summed E-state index contributed by atoms with van der Waals surface area (Å²) in [5.41, 5.74) is 0. The third-order valence-electron chi connectivity index (χ3n) is 5.47. The Hall–Kier alpha value is 1.21. The van der Waals surface area contributed by atoms with E-state index in [1.54, 1.807) is 0 Å². The van der Waals surface area contributed by atoms with E-state index in [9.17, 15) is 0 Å². The minimum atomic E-state index is -1.22. The molecule has 1 fully saturated rings. The van der Waals surface area contributed by atoms with E-state index >= 15 is 0 Å². The van der Waals surface area contributed by atoms with Gasteiger partial charge in [-0.05, 0) is 55.4 Å². The van der Waals surface area contributed by atoms with Crippen LogP contribution < -0.4 is 0 Å². The van der Waals surface area contributed by atoms with E-state index in [2.05, 4.69) is 104 Å². The molecule has 0 amide bonds. The molecule has 0 spiro atoms. The van der Waals surface area contributed by atoms with E-state index in [1.165, 1.54) is 0 Å². The lowest BCUT2D eigenvalue weighted by Gasteiger charge is -2.62. The summed E-state index contributed by atoms with van der Waals surface area (Å²) >= 11 is 0.